The van der Waals surface area contributed by atoms with E-state index >= 15 is 0 Å². The fraction of sp³-hybridized carbons (Fsp3) is 0.667. The van der Waals surface area contributed by atoms with Crippen molar-refractivity contribution in [2.24, 2.45) is 7.05 Å². The number of likely N-dealkylation sites (tertiary alicyclic amines) is 1. The van der Waals surface area contributed by atoms with Gasteiger partial charge in [-0.25, -0.2) is 0 Å². The quantitative estimate of drug-likeness (QED) is 0.789. The monoisotopic (exact) mass is 275 g/mol. The van der Waals surface area contributed by atoms with Gasteiger partial charge in [0.25, 0.3) is 5.91 Å². The third-order valence-electron chi connectivity index (χ3n) is 3.28. The molecule has 0 aliphatic carbocycles. The van der Waals surface area contributed by atoms with E-state index in [0.717, 1.165) is 31.7 Å². The average Bonchev–Trinajstić information content (AvgIpc) is 2.57. The highest BCUT2D eigenvalue weighted by Crippen LogP contribution is 2.29. The molecule has 106 valence electrons. The van der Waals surface area contributed by atoms with E-state index in [-0.39, 0.29) is 5.69 Å². The maximum atomic E-state index is 12.6. The summed E-state index contributed by atoms with van der Waals surface area (Å²) in [5.74, 6) is -0.409. The molecule has 1 aromatic heterocycles. The van der Waals surface area contributed by atoms with Crippen LogP contribution in [0, 0.1) is 0 Å². The molecule has 1 amide bonds. The highest BCUT2D eigenvalue weighted by atomic mass is 19.4. The number of alkyl halides is 3. The average molecular weight is 275 g/mol. The lowest BCUT2D eigenvalue weighted by Crippen LogP contribution is -2.32. The third-order valence-corrected chi connectivity index (χ3v) is 3.28. The highest BCUT2D eigenvalue weighted by Gasteiger charge is 2.36. The summed E-state index contributed by atoms with van der Waals surface area (Å²) in [6, 6.07) is 0.827. The van der Waals surface area contributed by atoms with Gasteiger partial charge in [0.15, 0.2) is 5.69 Å². The number of aryl methyl sites for hydroxylation is 1. The number of carbonyl (C=O) groups excluding carboxylic acids is 1. The van der Waals surface area contributed by atoms with Crippen molar-refractivity contribution in [1.29, 1.82) is 0 Å². The Labute approximate surface area is 109 Å². The van der Waals surface area contributed by atoms with Crippen molar-refractivity contribution in [2.45, 2.75) is 31.9 Å². The van der Waals surface area contributed by atoms with Crippen LogP contribution < -0.4 is 0 Å². The molecule has 4 nitrogen and oxygen atoms in total. The van der Waals surface area contributed by atoms with Crippen molar-refractivity contribution >= 4 is 5.91 Å². The molecule has 1 aromatic rings. The lowest BCUT2D eigenvalue weighted by atomic mass is 10.2. The molecule has 0 spiro atoms. The molecule has 0 unspecified atom stereocenters. The van der Waals surface area contributed by atoms with Crippen LogP contribution in [0.5, 0.6) is 0 Å². The minimum absolute atomic E-state index is 0.128. The second kappa shape index (κ2) is 5.22. The lowest BCUT2D eigenvalue weighted by molar-refractivity contribution is -0.143. The van der Waals surface area contributed by atoms with E-state index in [9.17, 15) is 18.0 Å². The maximum absolute atomic E-state index is 12.6. The van der Waals surface area contributed by atoms with Crippen molar-refractivity contribution in [3.63, 3.8) is 0 Å². The summed E-state index contributed by atoms with van der Waals surface area (Å²) in [6.45, 7) is 1.19. The van der Waals surface area contributed by atoms with E-state index in [1.807, 2.05) is 0 Å². The predicted octanol–water partition coefficient (Wildman–Crippen LogP) is 2.46. The van der Waals surface area contributed by atoms with E-state index in [1.165, 1.54) is 7.05 Å². The van der Waals surface area contributed by atoms with Crippen LogP contribution in [-0.2, 0) is 13.2 Å². The van der Waals surface area contributed by atoms with Crippen LogP contribution in [0.3, 0.4) is 0 Å². The number of halogens is 3. The first-order valence-corrected chi connectivity index (χ1v) is 6.30. The molecule has 0 radical (unpaired) electrons. The van der Waals surface area contributed by atoms with Gasteiger partial charge in [0.1, 0.15) is 5.69 Å². The maximum Gasteiger partial charge on any atom is 0.433 e. The van der Waals surface area contributed by atoms with Crippen LogP contribution in [0.2, 0.25) is 0 Å². The van der Waals surface area contributed by atoms with Gasteiger partial charge >= 0.3 is 6.18 Å². The second-order valence-corrected chi connectivity index (χ2v) is 4.74. The smallest absolute Gasteiger partial charge is 0.337 e. The molecule has 1 aliphatic rings. The van der Waals surface area contributed by atoms with Gasteiger partial charge in [-0.3, -0.25) is 9.48 Å². The van der Waals surface area contributed by atoms with Crippen LogP contribution in [0.25, 0.3) is 0 Å². The molecule has 2 rings (SSSR count). The Morgan fingerprint density at radius 3 is 2.26 bits per heavy atom. The molecule has 2 heterocycles. The zero-order valence-corrected chi connectivity index (χ0v) is 10.7. The number of hydrogen-bond donors (Lipinski definition) is 0. The zero-order chi connectivity index (χ0) is 14.0. The predicted molar refractivity (Wildman–Crippen MR) is 62.6 cm³/mol. The minimum Gasteiger partial charge on any atom is -0.337 e. The standard InChI is InChI=1S/C12H16F3N3O/c1-17-10(12(13,14)15)8-9(16-17)11(19)18-6-4-2-3-5-7-18/h8H,2-7H2,1H3. The Morgan fingerprint density at radius 2 is 1.79 bits per heavy atom. The molecule has 7 heteroatoms. The molecular formula is C12H16F3N3O. The van der Waals surface area contributed by atoms with Gasteiger partial charge in [-0.1, -0.05) is 12.8 Å². The minimum atomic E-state index is -4.49. The first-order chi connectivity index (χ1) is 8.89. The van der Waals surface area contributed by atoms with Gasteiger partial charge < -0.3 is 4.90 Å². The van der Waals surface area contributed by atoms with Crippen molar-refractivity contribution in [1.82, 2.24) is 14.7 Å². The van der Waals surface area contributed by atoms with Crippen LogP contribution in [0.1, 0.15) is 41.9 Å². The summed E-state index contributed by atoms with van der Waals surface area (Å²) in [4.78, 5) is 13.7. The molecule has 1 saturated heterocycles. The summed E-state index contributed by atoms with van der Waals surface area (Å²) in [7, 11) is 1.20. The fourth-order valence-electron chi connectivity index (χ4n) is 2.27. The molecule has 1 aliphatic heterocycles. The van der Waals surface area contributed by atoms with Crippen LogP contribution in [0.15, 0.2) is 6.07 Å². The molecule has 19 heavy (non-hydrogen) atoms. The van der Waals surface area contributed by atoms with E-state index in [1.54, 1.807) is 4.90 Å². The molecule has 0 saturated carbocycles. The van der Waals surface area contributed by atoms with Gasteiger partial charge in [0, 0.05) is 26.2 Å². The van der Waals surface area contributed by atoms with E-state index < -0.39 is 17.8 Å². The van der Waals surface area contributed by atoms with Gasteiger partial charge in [-0.15, -0.1) is 0 Å². The van der Waals surface area contributed by atoms with Crippen LogP contribution in [0.4, 0.5) is 13.2 Å². The molecular weight excluding hydrogens is 259 g/mol. The lowest BCUT2D eigenvalue weighted by Gasteiger charge is -2.18. The van der Waals surface area contributed by atoms with Crippen LogP contribution in [-0.4, -0.2) is 33.7 Å². The van der Waals surface area contributed by atoms with Crippen molar-refractivity contribution in [2.75, 3.05) is 13.1 Å². The van der Waals surface area contributed by atoms with Crippen molar-refractivity contribution < 1.29 is 18.0 Å². The molecule has 0 bridgehead atoms. The number of amides is 1. The summed E-state index contributed by atoms with van der Waals surface area (Å²) < 4.78 is 38.7. The Kier molecular flexibility index (Phi) is 3.82. The van der Waals surface area contributed by atoms with Crippen LogP contribution >= 0.6 is 0 Å². The van der Waals surface area contributed by atoms with Gasteiger partial charge in [-0.05, 0) is 12.8 Å². The Morgan fingerprint density at radius 1 is 1.21 bits per heavy atom. The van der Waals surface area contributed by atoms with Gasteiger partial charge in [0.2, 0.25) is 0 Å². The van der Waals surface area contributed by atoms with E-state index in [2.05, 4.69) is 5.10 Å². The number of hydrogen-bond acceptors (Lipinski definition) is 2. The summed E-state index contributed by atoms with van der Waals surface area (Å²) >= 11 is 0. The topological polar surface area (TPSA) is 38.1 Å². The molecule has 0 N–H and O–H groups in total. The van der Waals surface area contributed by atoms with Crippen molar-refractivity contribution in [3.05, 3.63) is 17.5 Å². The SMILES string of the molecule is Cn1nc(C(=O)N2CCCCCC2)cc1C(F)(F)F. The Hall–Kier alpha value is -1.53. The number of rotatable bonds is 1. The number of aromatic nitrogens is 2. The third kappa shape index (κ3) is 3.08. The summed E-state index contributed by atoms with van der Waals surface area (Å²) in [5, 5.41) is 3.69. The van der Waals surface area contributed by atoms with E-state index in [0.29, 0.717) is 17.8 Å². The first kappa shape index (κ1) is 13.9. The molecule has 1 fully saturated rings. The largest absolute Gasteiger partial charge is 0.433 e. The number of carbonyl (C=O) groups is 1. The number of nitrogens with zero attached hydrogens (tertiary/aromatic N) is 3. The molecule has 0 atom stereocenters. The van der Waals surface area contributed by atoms with Gasteiger partial charge in [-0.2, -0.15) is 18.3 Å². The zero-order valence-electron chi connectivity index (χ0n) is 10.7. The Balaban J connectivity index is 2.19. The Bertz CT molecular complexity index is 459. The summed E-state index contributed by atoms with van der Waals surface area (Å²) in [5.41, 5.74) is -1.03. The normalized spacial score (nSPS) is 17.4. The molecule has 0 aromatic carbocycles. The fourth-order valence-corrected chi connectivity index (χ4v) is 2.27. The van der Waals surface area contributed by atoms with Gasteiger partial charge in [0.05, 0.1) is 0 Å². The highest BCUT2D eigenvalue weighted by molar-refractivity contribution is 5.92. The summed E-state index contributed by atoms with van der Waals surface area (Å²) in [6.07, 6.45) is -0.589. The van der Waals surface area contributed by atoms with E-state index in [4.69, 9.17) is 0 Å². The van der Waals surface area contributed by atoms with Crippen molar-refractivity contribution in [3.8, 4) is 0 Å². The first-order valence-electron chi connectivity index (χ1n) is 6.30. The second-order valence-electron chi connectivity index (χ2n) is 4.74.